The summed E-state index contributed by atoms with van der Waals surface area (Å²) in [5, 5.41) is 2.31. The van der Waals surface area contributed by atoms with Crippen molar-refractivity contribution in [2.24, 2.45) is 0 Å². The van der Waals surface area contributed by atoms with E-state index in [1.54, 1.807) is 0 Å². The third-order valence-electron chi connectivity index (χ3n) is 12.0. The first kappa shape index (κ1) is 32.6. The number of nitrogens with zero attached hydrogens (tertiary/aromatic N) is 2. The Morgan fingerprint density at radius 2 is 1.06 bits per heavy atom. The van der Waals surface area contributed by atoms with Crippen LogP contribution in [0.1, 0.15) is 49.9 Å². The molecule has 2 aliphatic heterocycles. The summed E-state index contributed by atoms with van der Waals surface area (Å²) >= 11 is 0. The van der Waals surface area contributed by atoms with Crippen LogP contribution in [0.4, 0.5) is 34.1 Å². The molecule has 10 rings (SSSR count). The van der Waals surface area contributed by atoms with Gasteiger partial charge in [-0.1, -0.05) is 113 Å². The number of benzene rings is 7. The van der Waals surface area contributed by atoms with E-state index in [4.69, 9.17) is 4.42 Å². The molecular weight excluding hydrogens is 655 g/mol. The minimum Gasteiger partial charge on any atom is -0.455 e. The third-order valence-corrected chi connectivity index (χ3v) is 12.0. The Kier molecular flexibility index (Phi) is 7.76. The maximum absolute atomic E-state index is 6.61. The van der Waals surface area contributed by atoms with Crippen LogP contribution in [0.3, 0.4) is 0 Å². The summed E-state index contributed by atoms with van der Waals surface area (Å²) in [6.45, 7) is 9.12. The molecule has 1 aromatic heterocycles. The van der Waals surface area contributed by atoms with E-state index < -0.39 is 0 Å². The van der Waals surface area contributed by atoms with E-state index >= 15 is 0 Å². The van der Waals surface area contributed by atoms with E-state index in [0.29, 0.717) is 0 Å². The smallest absolute Gasteiger partial charge is 0.252 e. The Labute approximate surface area is 318 Å². The SMILES string of the molecule is CCc1ccc(N2c3ccc(CC)cc3B3c4cc(CC)ccc4N(c4ccc(CC)c(-c5cccc6c5oc5ccccc56)c4)c4cccc2c43)cc1. The van der Waals surface area contributed by atoms with Gasteiger partial charge < -0.3 is 14.2 Å². The minimum absolute atomic E-state index is 0.111. The second kappa shape index (κ2) is 12.8. The fraction of sp³-hybridized carbons (Fsp3) is 0.160. The van der Waals surface area contributed by atoms with E-state index in [9.17, 15) is 0 Å². The molecule has 0 fully saturated rings. The molecule has 0 spiro atoms. The lowest BCUT2D eigenvalue weighted by Crippen LogP contribution is -2.61. The Hall–Kier alpha value is -6.00. The van der Waals surface area contributed by atoms with E-state index in [1.165, 1.54) is 72.6 Å². The van der Waals surface area contributed by atoms with E-state index in [1.807, 2.05) is 0 Å². The number of aryl methyl sites for hydroxylation is 4. The maximum Gasteiger partial charge on any atom is 0.252 e. The molecule has 262 valence electrons. The summed E-state index contributed by atoms with van der Waals surface area (Å²) < 4.78 is 6.61. The minimum atomic E-state index is 0.111. The van der Waals surface area contributed by atoms with E-state index in [-0.39, 0.29) is 6.71 Å². The molecule has 0 saturated carbocycles. The van der Waals surface area contributed by atoms with E-state index in [2.05, 4.69) is 177 Å². The molecule has 3 nitrogen and oxygen atoms in total. The zero-order valence-electron chi connectivity index (χ0n) is 31.5. The van der Waals surface area contributed by atoms with Crippen LogP contribution in [0.15, 0.2) is 144 Å². The van der Waals surface area contributed by atoms with Crippen LogP contribution in [0.25, 0.3) is 33.1 Å². The third kappa shape index (κ3) is 4.89. The zero-order valence-corrected chi connectivity index (χ0v) is 31.5. The summed E-state index contributed by atoms with van der Waals surface area (Å²) in [6.07, 6.45) is 3.93. The molecule has 0 atom stereocenters. The van der Waals surface area contributed by atoms with Gasteiger partial charge in [0.25, 0.3) is 6.71 Å². The van der Waals surface area contributed by atoms with Crippen molar-refractivity contribution in [1.82, 2.24) is 0 Å². The van der Waals surface area contributed by atoms with Crippen molar-refractivity contribution in [3.8, 4) is 11.1 Å². The second-order valence-electron chi connectivity index (χ2n) is 14.8. The Balaban J connectivity index is 1.23. The molecular formula is C50H43BN2O. The molecule has 7 aromatic carbocycles. The molecule has 4 heteroatoms. The van der Waals surface area contributed by atoms with Gasteiger partial charge in [-0.15, -0.1) is 0 Å². The Bertz CT molecular complexity index is 2740. The quantitative estimate of drug-likeness (QED) is 0.155. The molecule has 8 aromatic rings. The van der Waals surface area contributed by atoms with Crippen molar-refractivity contribution in [1.29, 1.82) is 0 Å². The molecule has 0 unspecified atom stereocenters. The maximum atomic E-state index is 6.61. The van der Waals surface area contributed by atoms with Crippen molar-refractivity contribution in [3.05, 3.63) is 162 Å². The van der Waals surface area contributed by atoms with Gasteiger partial charge in [0.2, 0.25) is 0 Å². The molecule has 0 saturated heterocycles. The number of hydrogen-bond acceptors (Lipinski definition) is 3. The fourth-order valence-electron chi connectivity index (χ4n) is 9.14. The largest absolute Gasteiger partial charge is 0.455 e. The lowest BCUT2D eigenvalue weighted by atomic mass is 9.33. The van der Waals surface area contributed by atoms with Gasteiger partial charge in [-0.3, -0.25) is 0 Å². The standard InChI is InChI=1S/C50H43BN2O/c1-5-32-19-24-36(25-20-32)52-44-27-21-33(6-2)29-42(44)51-43-30-34(7-3)22-28-45(43)53(47-17-12-16-46(52)49(47)51)37-26-23-35(8-4)41(31-37)40-15-11-14-39-38-13-9-10-18-48(38)54-50(39)40/h9-31H,5-8H2,1-4H3. The van der Waals surface area contributed by atoms with Crippen molar-refractivity contribution in [3.63, 3.8) is 0 Å². The van der Waals surface area contributed by atoms with Gasteiger partial charge in [0.15, 0.2) is 0 Å². The first-order valence-corrected chi connectivity index (χ1v) is 19.7. The lowest BCUT2D eigenvalue weighted by Gasteiger charge is -2.44. The van der Waals surface area contributed by atoms with Gasteiger partial charge >= 0.3 is 0 Å². The number of fused-ring (bicyclic) bond motifs is 7. The molecule has 2 aliphatic rings. The topological polar surface area (TPSA) is 19.6 Å². The van der Waals surface area contributed by atoms with Crippen molar-refractivity contribution < 1.29 is 4.42 Å². The predicted octanol–water partition coefficient (Wildman–Crippen LogP) is 11.6. The highest BCUT2D eigenvalue weighted by molar-refractivity contribution is 7.00. The van der Waals surface area contributed by atoms with Gasteiger partial charge in [-0.2, -0.15) is 0 Å². The Morgan fingerprint density at radius 1 is 0.463 bits per heavy atom. The monoisotopic (exact) mass is 698 g/mol. The van der Waals surface area contributed by atoms with Gasteiger partial charge in [0.1, 0.15) is 11.2 Å². The predicted molar refractivity (Wildman–Crippen MR) is 231 cm³/mol. The highest BCUT2D eigenvalue weighted by atomic mass is 16.3. The highest BCUT2D eigenvalue weighted by Gasteiger charge is 2.43. The van der Waals surface area contributed by atoms with Crippen LogP contribution >= 0.6 is 0 Å². The first-order chi connectivity index (χ1) is 26.6. The van der Waals surface area contributed by atoms with Gasteiger partial charge in [-0.25, -0.2) is 0 Å². The van der Waals surface area contributed by atoms with Gasteiger partial charge in [0, 0.05) is 50.5 Å². The van der Waals surface area contributed by atoms with E-state index in [0.717, 1.165) is 58.9 Å². The Morgan fingerprint density at radius 3 is 1.72 bits per heavy atom. The van der Waals surface area contributed by atoms with Crippen LogP contribution in [0.2, 0.25) is 0 Å². The molecule has 3 heterocycles. The van der Waals surface area contributed by atoms with Crippen molar-refractivity contribution in [2.75, 3.05) is 9.80 Å². The highest BCUT2D eigenvalue weighted by Crippen LogP contribution is 2.46. The summed E-state index contributed by atoms with van der Waals surface area (Å²) in [5.41, 5.74) is 21.0. The summed E-state index contributed by atoms with van der Waals surface area (Å²) in [4.78, 5) is 5.03. The zero-order chi connectivity index (χ0) is 36.5. The summed E-state index contributed by atoms with van der Waals surface area (Å²) in [6, 6.07) is 52.5. The van der Waals surface area contributed by atoms with Crippen LogP contribution in [0.5, 0.6) is 0 Å². The number of furan rings is 1. The molecule has 0 bridgehead atoms. The molecule has 0 N–H and O–H groups in total. The average Bonchev–Trinajstić information content (AvgIpc) is 3.62. The molecule has 0 amide bonds. The number of anilines is 6. The summed E-state index contributed by atoms with van der Waals surface area (Å²) in [5.74, 6) is 0. The average molecular weight is 699 g/mol. The summed E-state index contributed by atoms with van der Waals surface area (Å²) in [7, 11) is 0. The van der Waals surface area contributed by atoms with Gasteiger partial charge in [-0.05, 0) is 124 Å². The second-order valence-corrected chi connectivity index (χ2v) is 14.8. The van der Waals surface area contributed by atoms with Crippen LogP contribution in [-0.2, 0) is 25.7 Å². The number of rotatable bonds is 7. The molecule has 0 radical (unpaired) electrons. The van der Waals surface area contributed by atoms with Crippen LogP contribution in [0, 0.1) is 0 Å². The number of hydrogen-bond donors (Lipinski definition) is 0. The lowest BCUT2D eigenvalue weighted by molar-refractivity contribution is 0.670. The van der Waals surface area contributed by atoms with Crippen molar-refractivity contribution >= 4 is 79.2 Å². The molecule has 0 aliphatic carbocycles. The van der Waals surface area contributed by atoms with Crippen molar-refractivity contribution in [2.45, 2.75) is 53.4 Å². The molecule has 54 heavy (non-hydrogen) atoms. The van der Waals surface area contributed by atoms with Gasteiger partial charge in [0.05, 0.1) is 0 Å². The van der Waals surface area contributed by atoms with Crippen LogP contribution in [-0.4, -0.2) is 6.71 Å². The fourth-order valence-corrected chi connectivity index (χ4v) is 9.14. The van der Waals surface area contributed by atoms with Crippen LogP contribution < -0.4 is 26.2 Å². The number of para-hydroxylation sites is 2. The normalized spacial score (nSPS) is 13.0. The first-order valence-electron chi connectivity index (χ1n) is 19.7.